The minimum absolute atomic E-state index is 0.706. The Morgan fingerprint density at radius 3 is 2.29 bits per heavy atom. The summed E-state index contributed by atoms with van der Waals surface area (Å²) < 4.78 is 10.9. The number of hydrogen-bond acceptors (Lipinski definition) is 3. The molecule has 0 bridgehead atoms. The van der Waals surface area contributed by atoms with E-state index in [0.717, 1.165) is 24.2 Å². The fraction of sp³-hybridized carbons (Fsp3) is 0.238. The summed E-state index contributed by atoms with van der Waals surface area (Å²) in [6, 6.07) is 12.4. The molecule has 2 aromatic carbocycles. The van der Waals surface area contributed by atoms with Gasteiger partial charge in [-0.3, -0.25) is 4.90 Å². The first-order valence-corrected chi connectivity index (χ1v) is 7.90. The zero-order valence-corrected chi connectivity index (χ0v) is 14.7. The summed E-state index contributed by atoms with van der Waals surface area (Å²) in [4.78, 5) is 2.22. The summed E-state index contributed by atoms with van der Waals surface area (Å²) in [7, 11) is 5.38. The van der Waals surface area contributed by atoms with Crippen molar-refractivity contribution in [3.8, 4) is 22.6 Å². The molecule has 0 aliphatic rings. The van der Waals surface area contributed by atoms with Gasteiger partial charge in [-0.1, -0.05) is 43.0 Å². The Balaban J connectivity index is 2.55. The average Bonchev–Trinajstić information content (AvgIpc) is 2.61. The number of methoxy groups -OCH3 is 2. The summed E-state index contributed by atoms with van der Waals surface area (Å²) in [5, 5.41) is 0. The summed E-state index contributed by atoms with van der Waals surface area (Å²) in [5.74, 6) is 1.42. The van der Waals surface area contributed by atoms with Crippen molar-refractivity contribution in [2.75, 3.05) is 27.8 Å². The molecule has 0 aliphatic heterocycles. The maximum Gasteiger partial charge on any atom is 0.161 e. The molecule has 0 atom stereocenters. The first-order chi connectivity index (χ1) is 11.6. The van der Waals surface area contributed by atoms with E-state index in [0.29, 0.717) is 11.5 Å². The highest BCUT2D eigenvalue weighted by atomic mass is 16.5. The largest absolute Gasteiger partial charge is 0.493 e. The smallest absolute Gasteiger partial charge is 0.161 e. The molecule has 0 N–H and O–H groups in total. The van der Waals surface area contributed by atoms with E-state index in [-0.39, 0.29) is 0 Å². The average molecular weight is 323 g/mol. The highest BCUT2D eigenvalue weighted by Crippen LogP contribution is 2.37. The monoisotopic (exact) mass is 323 g/mol. The maximum atomic E-state index is 5.47. The van der Waals surface area contributed by atoms with E-state index in [1.54, 1.807) is 14.2 Å². The van der Waals surface area contributed by atoms with Gasteiger partial charge >= 0.3 is 0 Å². The van der Waals surface area contributed by atoms with Crippen LogP contribution in [0, 0.1) is 0 Å². The molecule has 0 aliphatic carbocycles. The number of hydrogen-bond donors (Lipinski definition) is 0. The number of nitrogens with zero attached hydrogens (tertiary/aromatic N) is 1. The lowest BCUT2D eigenvalue weighted by Gasteiger charge is -2.19. The second kappa shape index (κ2) is 8.37. The Bertz CT molecular complexity index is 722. The van der Waals surface area contributed by atoms with Gasteiger partial charge in [0.1, 0.15) is 0 Å². The second-order valence-corrected chi connectivity index (χ2v) is 5.64. The van der Waals surface area contributed by atoms with Crippen molar-refractivity contribution in [3.63, 3.8) is 0 Å². The summed E-state index contributed by atoms with van der Waals surface area (Å²) >= 11 is 0. The molecule has 24 heavy (non-hydrogen) atoms. The number of benzene rings is 2. The second-order valence-electron chi connectivity index (χ2n) is 5.64. The van der Waals surface area contributed by atoms with Gasteiger partial charge in [0.15, 0.2) is 11.5 Å². The molecule has 2 aromatic rings. The van der Waals surface area contributed by atoms with Crippen LogP contribution in [0.5, 0.6) is 11.5 Å². The lowest BCUT2D eigenvalue weighted by Crippen LogP contribution is -2.17. The maximum absolute atomic E-state index is 5.47. The predicted molar refractivity (Wildman–Crippen MR) is 102 cm³/mol. The molecule has 0 spiro atoms. The van der Waals surface area contributed by atoms with E-state index in [1.807, 2.05) is 24.3 Å². The fourth-order valence-corrected chi connectivity index (χ4v) is 2.79. The molecule has 3 heteroatoms. The lowest BCUT2D eigenvalue weighted by molar-refractivity contribution is 0.355. The van der Waals surface area contributed by atoms with Crippen LogP contribution in [0.25, 0.3) is 17.2 Å². The minimum atomic E-state index is 0.706. The molecule has 0 heterocycles. The quantitative estimate of drug-likeness (QED) is 0.661. The number of rotatable bonds is 8. The topological polar surface area (TPSA) is 21.7 Å². The Morgan fingerprint density at radius 2 is 1.67 bits per heavy atom. The van der Waals surface area contributed by atoms with Gasteiger partial charge in [-0.2, -0.15) is 0 Å². The van der Waals surface area contributed by atoms with E-state index < -0.39 is 0 Å². The normalized spacial score (nSPS) is 10.5. The molecule has 0 saturated heterocycles. The molecule has 126 valence electrons. The first kappa shape index (κ1) is 17.8. The lowest BCUT2D eigenvalue weighted by atomic mass is 9.94. The van der Waals surface area contributed by atoms with Gasteiger partial charge < -0.3 is 9.47 Å². The molecule has 3 nitrogen and oxygen atoms in total. The first-order valence-electron chi connectivity index (χ1n) is 7.90. The SMILES string of the molecule is C=CCN(C)Cc1ccccc1-c1cc(OC)c(OC)cc1C=C. The van der Waals surface area contributed by atoms with Crippen LogP contribution in [0.3, 0.4) is 0 Å². The van der Waals surface area contributed by atoms with Crippen LogP contribution in [0.2, 0.25) is 0 Å². The van der Waals surface area contributed by atoms with Crippen molar-refractivity contribution in [2.24, 2.45) is 0 Å². The van der Waals surface area contributed by atoms with Crippen molar-refractivity contribution >= 4 is 6.08 Å². The molecular formula is C21H25NO2. The van der Waals surface area contributed by atoms with E-state index in [9.17, 15) is 0 Å². The van der Waals surface area contributed by atoms with E-state index in [2.05, 4.69) is 49.4 Å². The molecule has 0 fully saturated rings. The van der Waals surface area contributed by atoms with Crippen LogP contribution in [-0.4, -0.2) is 32.7 Å². The third kappa shape index (κ3) is 3.87. The summed E-state index contributed by atoms with van der Waals surface area (Å²) in [6.07, 6.45) is 3.76. The van der Waals surface area contributed by atoms with Gasteiger partial charge in [-0.15, -0.1) is 6.58 Å². The summed E-state index contributed by atoms with van der Waals surface area (Å²) in [5.41, 5.74) is 4.53. The van der Waals surface area contributed by atoms with Crippen molar-refractivity contribution in [2.45, 2.75) is 6.54 Å². The zero-order chi connectivity index (χ0) is 17.5. The third-order valence-corrected chi connectivity index (χ3v) is 3.96. The predicted octanol–water partition coefficient (Wildman–Crippen LogP) is 4.63. The molecule has 0 unspecified atom stereocenters. The molecule has 0 aromatic heterocycles. The van der Waals surface area contributed by atoms with Crippen LogP contribution >= 0.6 is 0 Å². The number of likely N-dealkylation sites (N-methyl/N-ethyl adjacent to an activating group) is 1. The molecule has 2 rings (SSSR count). The highest BCUT2D eigenvalue weighted by Gasteiger charge is 2.14. The van der Waals surface area contributed by atoms with Crippen molar-refractivity contribution < 1.29 is 9.47 Å². The van der Waals surface area contributed by atoms with E-state index in [1.165, 1.54) is 11.1 Å². The van der Waals surface area contributed by atoms with Crippen molar-refractivity contribution in [3.05, 3.63) is 66.8 Å². The van der Waals surface area contributed by atoms with Gasteiger partial charge in [0.25, 0.3) is 0 Å². The Morgan fingerprint density at radius 1 is 1.00 bits per heavy atom. The van der Waals surface area contributed by atoms with Crippen molar-refractivity contribution in [1.82, 2.24) is 4.90 Å². The third-order valence-electron chi connectivity index (χ3n) is 3.96. The van der Waals surface area contributed by atoms with Gasteiger partial charge in [-0.25, -0.2) is 0 Å². The van der Waals surface area contributed by atoms with Crippen LogP contribution in [0.15, 0.2) is 55.6 Å². The standard InChI is InChI=1S/C21H25NO2/c1-6-12-22(3)15-17-10-8-9-11-18(17)19-14-21(24-5)20(23-4)13-16(19)7-2/h6-11,13-14H,1-2,12,15H2,3-5H3. The number of ether oxygens (including phenoxy) is 2. The van der Waals surface area contributed by atoms with Gasteiger partial charge in [0.2, 0.25) is 0 Å². The van der Waals surface area contributed by atoms with Gasteiger partial charge in [0, 0.05) is 13.1 Å². The zero-order valence-electron chi connectivity index (χ0n) is 14.7. The van der Waals surface area contributed by atoms with Crippen LogP contribution < -0.4 is 9.47 Å². The Hall–Kier alpha value is -2.52. The summed E-state index contributed by atoms with van der Waals surface area (Å²) in [6.45, 7) is 9.44. The van der Waals surface area contributed by atoms with E-state index >= 15 is 0 Å². The van der Waals surface area contributed by atoms with Crippen molar-refractivity contribution in [1.29, 1.82) is 0 Å². The minimum Gasteiger partial charge on any atom is -0.493 e. The molecule has 0 saturated carbocycles. The molecule has 0 radical (unpaired) electrons. The van der Waals surface area contributed by atoms with Crippen LogP contribution in [0.1, 0.15) is 11.1 Å². The highest BCUT2D eigenvalue weighted by molar-refractivity contribution is 5.79. The van der Waals surface area contributed by atoms with Crippen LogP contribution in [0.4, 0.5) is 0 Å². The van der Waals surface area contributed by atoms with Gasteiger partial charge in [-0.05, 0) is 41.4 Å². The van der Waals surface area contributed by atoms with E-state index in [4.69, 9.17) is 9.47 Å². The molecular weight excluding hydrogens is 298 g/mol. The van der Waals surface area contributed by atoms with Crippen LogP contribution in [-0.2, 0) is 6.54 Å². The van der Waals surface area contributed by atoms with Gasteiger partial charge in [0.05, 0.1) is 14.2 Å². The Labute approximate surface area is 144 Å². The fourth-order valence-electron chi connectivity index (χ4n) is 2.79. The molecule has 0 amide bonds. The Kier molecular flexibility index (Phi) is 6.21.